The Kier molecular flexibility index (Phi) is 7.22. The van der Waals surface area contributed by atoms with Crippen LogP contribution in [0.25, 0.3) is 33.2 Å². The molecule has 222 valence electrons. The van der Waals surface area contributed by atoms with Gasteiger partial charge in [-0.1, -0.05) is 48.5 Å². The maximum absolute atomic E-state index is 12.2. The summed E-state index contributed by atoms with van der Waals surface area (Å²) >= 11 is 0. The molecule has 4 N–H and O–H groups in total. The lowest BCUT2D eigenvalue weighted by Crippen LogP contribution is -2.45. The van der Waals surface area contributed by atoms with Gasteiger partial charge in [0.05, 0.1) is 22.8 Å². The van der Waals surface area contributed by atoms with Gasteiger partial charge in [-0.25, -0.2) is 4.98 Å². The molecule has 6 rings (SSSR count). The molecule has 5 heterocycles. The van der Waals surface area contributed by atoms with E-state index in [1.54, 1.807) is 0 Å². The Hall–Kier alpha value is -3.22. The molecule has 8 bridgehead atoms. The van der Waals surface area contributed by atoms with Crippen LogP contribution in [0.4, 0.5) is 0 Å². The molecule has 3 aromatic rings. The number of aromatic nitrogens is 4. The highest BCUT2D eigenvalue weighted by molar-refractivity contribution is 5.97. The SMILES string of the molecule is CCC1=C2CCc3c2nc1cc1[nH]c(cc2nc(cc4[nH]c3c(CC)c4CC)C(O)(CC)C2(O)CC)c(CC)c1CC. The molecule has 3 aromatic heterocycles. The maximum Gasteiger partial charge on any atom is 0.140 e. The van der Waals surface area contributed by atoms with Crippen LogP contribution in [0, 0.1) is 0 Å². The van der Waals surface area contributed by atoms with Gasteiger partial charge in [-0.05, 0) is 109 Å². The summed E-state index contributed by atoms with van der Waals surface area (Å²) in [6.45, 7) is 14.9. The molecule has 3 aliphatic rings. The lowest BCUT2D eigenvalue weighted by atomic mass is 9.77. The second-order valence-electron chi connectivity index (χ2n) is 12.1. The van der Waals surface area contributed by atoms with Crippen molar-refractivity contribution in [3.63, 3.8) is 0 Å². The minimum atomic E-state index is -1.50. The molecule has 1 aliphatic carbocycles. The summed E-state index contributed by atoms with van der Waals surface area (Å²) in [5, 5.41) is 24.4. The van der Waals surface area contributed by atoms with Gasteiger partial charge in [0.25, 0.3) is 0 Å². The first kappa shape index (κ1) is 28.9. The lowest BCUT2D eigenvalue weighted by molar-refractivity contribution is -0.162. The summed E-state index contributed by atoms with van der Waals surface area (Å²) in [4.78, 5) is 17.9. The van der Waals surface area contributed by atoms with E-state index in [0.29, 0.717) is 24.2 Å². The number of nitrogens with one attached hydrogen (secondary N) is 2. The normalized spacial score (nSPS) is 21.5. The van der Waals surface area contributed by atoms with E-state index in [1.807, 2.05) is 26.0 Å². The van der Waals surface area contributed by atoms with E-state index >= 15 is 0 Å². The number of hydrogen-bond donors (Lipinski definition) is 4. The van der Waals surface area contributed by atoms with Crippen molar-refractivity contribution in [3.05, 3.63) is 68.8 Å². The first-order valence-corrected chi connectivity index (χ1v) is 16.2. The van der Waals surface area contributed by atoms with Crippen LogP contribution in [0.3, 0.4) is 0 Å². The van der Waals surface area contributed by atoms with Crippen LogP contribution < -0.4 is 0 Å². The predicted octanol–water partition coefficient (Wildman–Crippen LogP) is 7.73. The molecule has 0 spiro atoms. The van der Waals surface area contributed by atoms with E-state index in [1.165, 1.54) is 44.5 Å². The van der Waals surface area contributed by atoms with Gasteiger partial charge < -0.3 is 20.2 Å². The van der Waals surface area contributed by atoms with Crippen molar-refractivity contribution in [1.29, 1.82) is 0 Å². The molecule has 0 amide bonds. The lowest BCUT2D eigenvalue weighted by Gasteiger charge is -2.36. The van der Waals surface area contributed by atoms with E-state index in [-0.39, 0.29) is 0 Å². The first-order valence-electron chi connectivity index (χ1n) is 16.2. The quantitative estimate of drug-likeness (QED) is 0.235. The predicted molar refractivity (Wildman–Crippen MR) is 172 cm³/mol. The van der Waals surface area contributed by atoms with Crippen molar-refractivity contribution in [2.45, 2.75) is 117 Å². The molecule has 2 aliphatic heterocycles. The van der Waals surface area contributed by atoms with Gasteiger partial charge in [0, 0.05) is 27.6 Å². The van der Waals surface area contributed by atoms with Gasteiger partial charge >= 0.3 is 0 Å². The van der Waals surface area contributed by atoms with Gasteiger partial charge in [0.15, 0.2) is 0 Å². The summed E-state index contributed by atoms with van der Waals surface area (Å²) in [7, 11) is 0. The second-order valence-corrected chi connectivity index (χ2v) is 12.1. The summed E-state index contributed by atoms with van der Waals surface area (Å²) < 4.78 is 0. The standard InChI is InChI=1S/C36H46N4O2/c1-8-20-21(9-2)29-18-31-35(41,13-6)36(42,14-7)32(40-31)19-30-22(10-3)24(12-5)33(39-30)26-16-15-25-23(11-4)28(38-34(25)26)17-27(20)37-29/h17-19,37,39,41-42H,8-16H2,1-7H3. The molecular weight excluding hydrogens is 520 g/mol. The average Bonchev–Trinajstić information content (AvgIpc) is 3.77. The van der Waals surface area contributed by atoms with Gasteiger partial charge in [-0.15, -0.1) is 0 Å². The molecule has 42 heavy (non-hydrogen) atoms. The molecule has 2 atom stereocenters. The number of hydrogen-bond acceptors (Lipinski definition) is 4. The summed E-state index contributed by atoms with van der Waals surface area (Å²) in [6.07, 6.45) is 7.13. The van der Waals surface area contributed by atoms with Crippen LogP contribution in [0.5, 0.6) is 0 Å². The van der Waals surface area contributed by atoms with E-state index in [4.69, 9.17) is 9.97 Å². The number of H-pyrrole nitrogens is 2. The van der Waals surface area contributed by atoms with Crippen molar-refractivity contribution in [2.24, 2.45) is 0 Å². The zero-order valence-electron chi connectivity index (χ0n) is 26.4. The molecule has 0 aromatic carbocycles. The van der Waals surface area contributed by atoms with Gasteiger partial charge in [-0.2, -0.15) is 0 Å². The highest BCUT2D eigenvalue weighted by Gasteiger charge is 2.55. The van der Waals surface area contributed by atoms with Crippen LogP contribution in [-0.2, 0) is 43.3 Å². The van der Waals surface area contributed by atoms with Crippen LogP contribution >= 0.6 is 0 Å². The number of rotatable bonds is 7. The summed E-state index contributed by atoms with van der Waals surface area (Å²) in [5.74, 6) is 0. The Balaban J connectivity index is 1.87. The van der Waals surface area contributed by atoms with E-state index in [9.17, 15) is 10.2 Å². The Labute approximate surface area is 249 Å². The van der Waals surface area contributed by atoms with Crippen molar-refractivity contribution < 1.29 is 10.2 Å². The zero-order valence-corrected chi connectivity index (χ0v) is 26.4. The first-order chi connectivity index (χ1) is 20.2. The topological polar surface area (TPSA) is 97.8 Å². The number of aryl methyl sites for hydroxylation is 5. The molecule has 0 saturated carbocycles. The van der Waals surface area contributed by atoms with Crippen molar-refractivity contribution in [3.8, 4) is 0 Å². The van der Waals surface area contributed by atoms with Crippen LogP contribution in [0.15, 0.2) is 18.2 Å². The fourth-order valence-corrected chi connectivity index (χ4v) is 8.05. The van der Waals surface area contributed by atoms with Crippen molar-refractivity contribution >= 4 is 33.2 Å². The second kappa shape index (κ2) is 10.5. The number of allylic oxidation sites excluding steroid dienone is 2. The van der Waals surface area contributed by atoms with E-state index in [0.717, 1.165) is 72.9 Å². The highest BCUT2D eigenvalue weighted by Crippen LogP contribution is 2.49. The van der Waals surface area contributed by atoms with E-state index < -0.39 is 11.2 Å². The molecular formula is C36H46N4O2. The Bertz CT molecular complexity index is 1770. The largest absolute Gasteiger partial charge is 0.380 e. The fraction of sp³-hybridized carbons (Fsp3) is 0.500. The summed E-state index contributed by atoms with van der Waals surface area (Å²) in [6, 6.07) is 6.22. The third-order valence-electron chi connectivity index (χ3n) is 10.3. The Morgan fingerprint density at radius 2 is 1.17 bits per heavy atom. The molecule has 0 radical (unpaired) electrons. The van der Waals surface area contributed by atoms with Gasteiger partial charge in [0.1, 0.15) is 11.2 Å². The monoisotopic (exact) mass is 566 g/mol. The third kappa shape index (κ3) is 3.84. The number of fused-ring (bicyclic) bond motifs is 8. The minimum absolute atomic E-state index is 0.350. The van der Waals surface area contributed by atoms with Crippen molar-refractivity contribution in [1.82, 2.24) is 19.9 Å². The Morgan fingerprint density at radius 1 is 0.643 bits per heavy atom. The molecule has 6 nitrogen and oxygen atoms in total. The average molecular weight is 567 g/mol. The smallest absolute Gasteiger partial charge is 0.140 e. The molecule has 6 heteroatoms. The van der Waals surface area contributed by atoms with Gasteiger partial charge in [0.2, 0.25) is 0 Å². The number of aromatic amines is 2. The zero-order chi connectivity index (χ0) is 30.0. The highest BCUT2D eigenvalue weighted by atomic mass is 16.4. The minimum Gasteiger partial charge on any atom is -0.380 e. The molecule has 0 fully saturated rings. The number of aliphatic hydroxyl groups is 2. The molecule has 2 unspecified atom stereocenters. The maximum atomic E-state index is 12.2. The molecule has 0 saturated heterocycles. The van der Waals surface area contributed by atoms with Crippen molar-refractivity contribution in [2.75, 3.05) is 0 Å². The van der Waals surface area contributed by atoms with Crippen LogP contribution in [-0.4, -0.2) is 30.1 Å². The number of nitrogens with zero attached hydrogens (tertiary/aromatic N) is 2. The fourth-order valence-electron chi connectivity index (χ4n) is 8.05. The summed E-state index contributed by atoms with van der Waals surface area (Å²) in [5.41, 5.74) is 13.5. The van der Waals surface area contributed by atoms with Crippen LogP contribution in [0.2, 0.25) is 0 Å². The van der Waals surface area contributed by atoms with Gasteiger partial charge in [-0.3, -0.25) is 4.98 Å². The van der Waals surface area contributed by atoms with E-state index in [2.05, 4.69) is 50.7 Å². The Morgan fingerprint density at radius 3 is 1.69 bits per heavy atom. The van der Waals surface area contributed by atoms with Crippen LogP contribution in [0.1, 0.15) is 125 Å². The third-order valence-corrected chi connectivity index (χ3v) is 10.3.